The Bertz CT molecular complexity index is 512. The van der Waals surface area contributed by atoms with Crippen LogP contribution in [0.25, 0.3) is 0 Å². The number of hydrogen-bond donors (Lipinski definition) is 0. The van der Waals surface area contributed by atoms with Crippen LogP contribution in [0.2, 0.25) is 0 Å². The Labute approximate surface area is 111 Å². The van der Waals surface area contributed by atoms with E-state index in [-0.39, 0.29) is 25.0 Å². The largest absolute Gasteiger partial charge is 0.480 e. The van der Waals surface area contributed by atoms with Gasteiger partial charge in [0, 0.05) is 19.3 Å². The molecule has 3 heterocycles. The van der Waals surface area contributed by atoms with E-state index >= 15 is 0 Å². The third-order valence-electron chi connectivity index (χ3n) is 3.41. The first-order chi connectivity index (χ1) is 9.25. The zero-order valence-electron chi connectivity index (χ0n) is 10.5. The minimum atomic E-state index is -0.223. The first-order valence-electron chi connectivity index (χ1n) is 6.41. The topological polar surface area (TPSA) is 62.7 Å². The van der Waals surface area contributed by atoms with Gasteiger partial charge in [-0.15, -0.1) is 0 Å². The van der Waals surface area contributed by atoms with Crippen LogP contribution in [0, 0.1) is 0 Å². The molecule has 2 amide bonds. The SMILES string of the molecule is O=C(CN1C(=O)COc2cccnc21)N1CCCC1. The van der Waals surface area contributed by atoms with Crippen molar-refractivity contribution in [2.75, 3.05) is 31.1 Å². The van der Waals surface area contributed by atoms with Crippen molar-refractivity contribution in [2.24, 2.45) is 0 Å². The average Bonchev–Trinajstić information content (AvgIpc) is 2.96. The summed E-state index contributed by atoms with van der Waals surface area (Å²) >= 11 is 0. The molecule has 19 heavy (non-hydrogen) atoms. The number of fused-ring (bicyclic) bond motifs is 1. The van der Waals surface area contributed by atoms with Gasteiger partial charge in [-0.05, 0) is 25.0 Å². The lowest BCUT2D eigenvalue weighted by Crippen LogP contribution is -2.46. The van der Waals surface area contributed by atoms with Crippen molar-refractivity contribution in [2.45, 2.75) is 12.8 Å². The number of pyridine rings is 1. The molecule has 1 fully saturated rings. The summed E-state index contributed by atoms with van der Waals surface area (Å²) in [7, 11) is 0. The van der Waals surface area contributed by atoms with Crippen LogP contribution in [0.5, 0.6) is 5.75 Å². The maximum absolute atomic E-state index is 12.1. The molecule has 0 bridgehead atoms. The molecule has 3 rings (SSSR count). The molecular weight excluding hydrogens is 246 g/mol. The molecular formula is C13H15N3O3. The molecule has 1 saturated heterocycles. The highest BCUT2D eigenvalue weighted by atomic mass is 16.5. The van der Waals surface area contributed by atoms with Crippen molar-refractivity contribution in [1.82, 2.24) is 9.88 Å². The molecule has 6 nitrogen and oxygen atoms in total. The van der Waals surface area contributed by atoms with Gasteiger partial charge in [-0.1, -0.05) is 0 Å². The fourth-order valence-corrected chi connectivity index (χ4v) is 2.40. The summed E-state index contributed by atoms with van der Waals surface area (Å²) in [6.45, 7) is 1.58. The van der Waals surface area contributed by atoms with Gasteiger partial charge >= 0.3 is 0 Å². The summed E-state index contributed by atoms with van der Waals surface area (Å²) in [5.74, 6) is 0.741. The van der Waals surface area contributed by atoms with Crippen LogP contribution < -0.4 is 9.64 Å². The zero-order valence-corrected chi connectivity index (χ0v) is 10.5. The van der Waals surface area contributed by atoms with E-state index < -0.39 is 0 Å². The smallest absolute Gasteiger partial charge is 0.266 e. The zero-order chi connectivity index (χ0) is 13.2. The number of carbonyl (C=O) groups excluding carboxylic acids is 2. The monoisotopic (exact) mass is 261 g/mol. The first kappa shape index (κ1) is 12.0. The average molecular weight is 261 g/mol. The second-order valence-corrected chi connectivity index (χ2v) is 4.68. The number of likely N-dealkylation sites (tertiary alicyclic amines) is 1. The predicted molar refractivity (Wildman–Crippen MR) is 67.9 cm³/mol. The number of carbonyl (C=O) groups is 2. The van der Waals surface area contributed by atoms with E-state index in [1.807, 2.05) is 0 Å². The van der Waals surface area contributed by atoms with E-state index in [1.54, 1.807) is 23.2 Å². The molecule has 0 saturated carbocycles. The highest BCUT2D eigenvalue weighted by molar-refractivity contribution is 6.01. The Kier molecular flexibility index (Phi) is 3.06. The molecule has 1 aromatic rings. The van der Waals surface area contributed by atoms with Crippen LogP contribution in [-0.4, -0.2) is 47.9 Å². The molecule has 0 unspecified atom stereocenters. The summed E-state index contributed by atoms with van der Waals surface area (Å²) in [5.41, 5.74) is 0. The van der Waals surface area contributed by atoms with Gasteiger partial charge < -0.3 is 9.64 Å². The van der Waals surface area contributed by atoms with Crippen molar-refractivity contribution in [3.05, 3.63) is 18.3 Å². The Morgan fingerprint density at radius 1 is 1.37 bits per heavy atom. The summed E-state index contributed by atoms with van der Waals surface area (Å²) in [6.07, 6.45) is 3.67. The highest BCUT2D eigenvalue weighted by Crippen LogP contribution is 2.28. The summed E-state index contributed by atoms with van der Waals surface area (Å²) in [4.78, 5) is 31.4. The third-order valence-corrected chi connectivity index (χ3v) is 3.41. The minimum Gasteiger partial charge on any atom is -0.480 e. The number of nitrogens with zero attached hydrogens (tertiary/aromatic N) is 3. The molecule has 0 atom stereocenters. The van der Waals surface area contributed by atoms with Gasteiger partial charge in [0.1, 0.15) is 6.54 Å². The lowest BCUT2D eigenvalue weighted by atomic mass is 10.3. The lowest BCUT2D eigenvalue weighted by Gasteiger charge is -2.28. The fourth-order valence-electron chi connectivity index (χ4n) is 2.40. The first-order valence-corrected chi connectivity index (χ1v) is 6.41. The van der Waals surface area contributed by atoms with Gasteiger partial charge in [0.15, 0.2) is 18.2 Å². The Morgan fingerprint density at radius 3 is 2.95 bits per heavy atom. The van der Waals surface area contributed by atoms with Crippen LogP contribution in [0.15, 0.2) is 18.3 Å². The minimum absolute atomic E-state index is 0.0237. The standard InChI is InChI=1S/C13H15N3O3/c17-11(15-6-1-2-7-15)8-16-12(18)9-19-10-4-3-5-14-13(10)16/h3-5H,1-2,6-9H2. The Hall–Kier alpha value is -2.11. The van der Waals surface area contributed by atoms with Crippen LogP contribution in [0.1, 0.15) is 12.8 Å². The van der Waals surface area contributed by atoms with E-state index in [9.17, 15) is 9.59 Å². The molecule has 2 aliphatic rings. The van der Waals surface area contributed by atoms with Gasteiger partial charge in [0.25, 0.3) is 5.91 Å². The Morgan fingerprint density at radius 2 is 2.16 bits per heavy atom. The van der Waals surface area contributed by atoms with Gasteiger partial charge in [-0.2, -0.15) is 0 Å². The molecule has 0 aromatic carbocycles. The number of aromatic nitrogens is 1. The van der Waals surface area contributed by atoms with Crippen LogP contribution >= 0.6 is 0 Å². The van der Waals surface area contributed by atoms with E-state index in [4.69, 9.17) is 4.74 Å². The maximum Gasteiger partial charge on any atom is 0.266 e. The van der Waals surface area contributed by atoms with E-state index in [0.29, 0.717) is 11.6 Å². The number of hydrogen-bond acceptors (Lipinski definition) is 4. The molecule has 0 aliphatic carbocycles. The van der Waals surface area contributed by atoms with Crippen LogP contribution in [0.4, 0.5) is 5.82 Å². The normalized spacial score (nSPS) is 18.2. The van der Waals surface area contributed by atoms with Gasteiger partial charge in [-0.25, -0.2) is 4.98 Å². The van der Waals surface area contributed by atoms with Crippen LogP contribution in [-0.2, 0) is 9.59 Å². The van der Waals surface area contributed by atoms with Crippen molar-refractivity contribution >= 4 is 17.6 Å². The van der Waals surface area contributed by atoms with E-state index in [1.165, 1.54) is 4.90 Å². The molecule has 100 valence electrons. The molecule has 0 radical (unpaired) electrons. The lowest BCUT2D eigenvalue weighted by molar-refractivity contribution is -0.131. The number of anilines is 1. The highest BCUT2D eigenvalue weighted by Gasteiger charge is 2.30. The van der Waals surface area contributed by atoms with E-state index in [0.717, 1.165) is 25.9 Å². The molecule has 1 aromatic heterocycles. The van der Waals surface area contributed by atoms with Crippen molar-refractivity contribution in [3.8, 4) is 5.75 Å². The van der Waals surface area contributed by atoms with Gasteiger partial charge in [0.05, 0.1) is 0 Å². The van der Waals surface area contributed by atoms with Crippen molar-refractivity contribution < 1.29 is 14.3 Å². The fraction of sp³-hybridized carbons (Fsp3) is 0.462. The molecule has 2 aliphatic heterocycles. The molecule has 0 N–H and O–H groups in total. The summed E-state index contributed by atoms with van der Waals surface area (Å²) in [5, 5.41) is 0. The second kappa shape index (κ2) is 4.87. The molecule has 0 spiro atoms. The number of amides is 2. The van der Waals surface area contributed by atoms with Gasteiger partial charge in [0.2, 0.25) is 5.91 Å². The predicted octanol–water partition coefficient (Wildman–Crippen LogP) is 0.429. The van der Waals surface area contributed by atoms with Crippen LogP contribution in [0.3, 0.4) is 0 Å². The summed E-state index contributed by atoms with van der Waals surface area (Å²) in [6, 6.07) is 3.50. The quantitative estimate of drug-likeness (QED) is 0.774. The number of ether oxygens (including phenoxy) is 1. The van der Waals surface area contributed by atoms with Gasteiger partial charge in [-0.3, -0.25) is 14.5 Å². The maximum atomic E-state index is 12.1. The third kappa shape index (κ3) is 2.25. The summed E-state index contributed by atoms with van der Waals surface area (Å²) < 4.78 is 5.29. The molecule has 6 heteroatoms. The second-order valence-electron chi connectivity index (χ2n) is 4.68. The van der Waals surface area contributed by atoms with Crippen molar-refractivity contribution in [3.63, 3.8) is 0 Å². The van der Waals surface area contributed by atoms with Crippen molar-refractivity contribution in [1.29, 1.82) is 0 Å². The van der Waals surface area contributed by atoms with E-state index in [2.05, 4.69) is 4.98 Å². The Balaban J connectivity index is 1.79. The number of rotatable bonds is 2.